The fraction of sp³-hybridized carbons (Fsp3) is 0.353. The van der Waals surface area contributed by atoms with Crippen molar-refractivity contribution in [2.24, 2.45) is 0 Å². The zero-order chi connectivity index (χ0) is 14.2. The summed E-state index contributed by atoms with van der Waals surface area (Å²) in [5.41, 5.74) is 2.43. The van der Waals surface area contributed by atoms with Crippen molar-refractivity contribution in [2.45, 2.75) is 25.8 Å². The molecule has 1 aromatic carbocycles. The van der Waals surface area contributed by atoms with Gasteiger partial charge in [0.25, 0.3) is 0 Å². The molecule has 1 unspecified atom stereocenters. The third kappa shape index (κ3) is 3.81. The van der Waals surface area contributed by atoms with Gasteiger partial charge in [-0.3, -0.25) is 4.98 Å². The largest absolute Gasteiger partial charge is 0.496 e. The van der Waals surface area contributed by atoms with E-state index in [4.69, 9.17) is 4.74 Å². The minimum Gasteiger partial charge on any atom is -0.496 e. The first-order valence-corrected chi connectivity index (χ1v) is 7.10. The number of nitrogens with zero attached hydrogens (tertiary/aromatic N) is 1. The average molecular weight is 270 g/mol. The Morgan fingerprint density at radius 2 is 2.05 bits per heavy atom. The van der Waals surface area contributed by atoms with Crippen LogP contribution in [0.15, 0.2) is 48.8 Å². The molecule has 0 saturated heterocycles. The van der Waals surface area contributed by atoms with Gasteiger partial charge in [-0.25, -0.2) is 0 Å². The molecule has 0 radical (unpaired) electrons. The number of pyridine rings is 1. The van der Waals surface area contributed by atoms with Crippen LogP contribution < -0.4 is 10.1 Å². The third-order valence-corrected chi connectivity index (χ3v) is 3.34. The zero-order valence-electron chi connectivity index (χ0n) is 12.2. The first-order chi connectivity index (χ1) is 9.85. The number of benzene rings is 1. The van der Waals surface area contributed by atoms with Gasteiger partial charge in [-0.05, 0) is 42.6 Å². The summed E-state index contributed by atoms with van der Waals surface area (Å²) in [4.78, 5) is 4.23. The number of hydrogen-bond donors (Lipinski definition) is 1. The van der Waals surface area contributed by atoms with E-state index in [9.17, 15) is 0 Å². The molecule has 2 rings (SSSR count). The van der Waals surface area contributed by atoms with E-state index < -0.39 is 0 Å². The van der Waals surface area contributed by atoms with Crippen molar-refractivity contribution >= 4 is 0 Å². The fourth-order valence-electron chi connectivity index (χ4n) is 2.30. The van der Waals surface area contributed by atoms with Gasteiger partial charge in [0, 0.05) is 18.4 Å². The van der Waals surface area contributed by atoms with Gasteiger partial charge in [0.15, 0.2) is 0 Å². The highest BCUT2D eigenvalue weighted by atomic mass is 16.5. The van der Waals surface area contributed by atoms with E-state index in [1.54, 1.807) is 7.11 Å². The number of aromatic nitrogens is 1. The van der Waals surface area contributed by atoms with Crippen LogP contribution in [0.1, 0.15) is 30.5 Å². The highest BCUT2D eigenvalue weighted by Gasteiger charge is 2.14. The van der Waals surface area contributed by atoms with E-state index in [1.807, 2.05) is 30.6 Å². The van der Waals surface area contributed by atoms with Crippen LogP contribution >= 0.6 is 0 Å². The van der Waals surface area contributed by atoms with Crippen molar-refractivity contribution in [3.8, 4) is 5.75 Å². The highest BCUT2D eigenvalue weighted by Crippen LogP contribution is 2.24. The number of para-hydroxylation sites is 1. The summed E-state index contributed by atoms with van der Waals surface area (Å²) in [7, 11) is 1.72. The Morgan fingerprint density at radius 1 is 1.20 bits per heavy atom. The molecule has 0 fully saturated rings. The Hall–Kier alpha value is -1.87. The molecule has 3 heteroatoms. The van der Waals surface area contributed by atoms with Crippen molar-refractivity contribution in [3.05, 3.63) is 59.9 Å². The van der Waals surface area contributed by atoms with Gasteiger partial charge in [0.05, 0.1) is 7.11 Å². The molecule has 3 nitrogen and oxygen atoms in total. The summed E-state index contributed by atoms with van der Waals surface area (Å²) in [6.07, 6.45) is 5.75. The molecule has 1 atom stereocenters. The van der Waals surface area contributed by atoms with E-state index in [1.165, 1.54) is 11.1 Å². The summed E-state index contributed by atoms with van der Waals surface area (Å²) in [5.74, 6) is 0.944. The van der Waals surface area contributed by atoms with Crippen LogP contribution in [0, 0.1) is 0 Å². The van der Waals surface area contributed by atoms with Gasteiger partial charge in [0.2, 0.25) is 0 Å². The molecule has 1 aromatic heterocycles. The Labute approximate surface area is 121 Å². The summed E-state index contributed by atoms with van der Waals surface area (Å²) >= 11 is 0. The summed E-state index contributed by atoms with van der Waals surface area (Å²) < 4.78 is 5.44. The van der Waals surface area contributed by atoms with Crippen LogP contribution in [-0.2, 0) is 6.42 Å². The van der Waals surface area contributed by atoms with E-state index in [0.29, 0.717) is 0 Å². The van der Waals surface area contributed by atoms with Crippen molar-refractivity contribution < 1.29 is 4.74 Å². The van der Waals surface area contributed by atoms with Gasteiger partial charge < -0.3 is 10.1 Å². The van der Waals surface area contributed by atoms with Gasteiger partial charge >= 0.3 is 0 Å². The van der Waals surface area contributed by atoms with Crippen molar-refractivity contribution in [1.82, 2.24) is 10.3 Å². The van der Waals surface area contributed by atoms with E-state index >= 15 is 0 Å². The lowest BCUT2D eigenvalue weighted by Gasteiger charge is -2.20. The predicted molar refractivity (Wildman–Crippen MR) is 82.0 cm³/mol. The van der Waals surface area contributed by atoms with E-state index in [2.05, 4.69) is 35.4 Å². The van der Waals surface area contributed by atoms with E-state index in [-0.39, 0.29) is 6.04 Å². The van der Waals surface area contributed by atoms with Crippen LogP contribution in [0.5, 0.6) is 5.75 Å². The van der Waals surface area contributed by atoms with Crippen molar-refractivity contribution in [3.63, 3.8) is 0 Å². The minimum atomic E-state index is 0.264. The second-order valence-electron chi connectivity index (χ2n) is 4.81. The van der Waals surface area contributed by atoms with Crippen LogP contribution in [0.4, 0.5) is 0 Å². The molecule has 1 heterocycles. The van der Waals surface area contributed by atoms with Gasteiger partial charge in [0.1, 0.15) is 5.75 Å². The maximum absolute atomic E-state index is 5.44. The molecule has 0 aliphatic rings. The Bertz CT molecular complexity index is 513. The number of rotatable bonds is 7. The molecule has 0 amide bonds. The molecule has 2 aromatic rings. The number of hydrogen-bond acceptors (Lipinski definition) is 3. The number of nitrogens with one attached hydrogen (secondary N) is 1. The SMILES string of the molecule is CCCNC(Cc1ccccc1OC)c1cccnc1. The van der Waals surface area contributed by atoms with Gasteiger partial charge in [-0.15, -0.1) is 0 Å². The topological polar surface area (TPSA) is 34.1 Å². The molecule has 0 saturated carbocycles. The second kappa shape index (κ2) is 7.65. The zero-order valence-corrected chi connectivity index (χ0v) is 12.2. The quantitative estimate of drug-likeness (QED) is 0.837. The Kier molecular flexibility index (Phi) is 5.56. The summed E-state index contributed by atoms with van der Waals surface area (Å²) in [6, 6.07) is 12.6. The maximum Gasteiger partial charge on any atom is 0.122 e. The lowest BCUT2D eigenvalue weighted by atomic mass is 9.99. The van der Waals surface area contributed by atoms with Gasteiger partial charge in [-0.2, -0.15) is 0 Å². The minimum absolute atomic E-state index is 0.264. The predicted octanol–water partition coefficient (Wildman–Crippen LogP) is 3.37. The second-order valence-corrected chi connectivity index (χ2v) is 4.81. The standard InChI is InChI=1S/C17H22N2O/c1-3-10-19-16(15-8-6-11-18-13-15)12-14-7-4-5-9-17(14)20-2/h4-9,11,13,16,19H,3,10,12H2,1-2H3. The first kappa shape index (κ1) is 14.5. The van der Waals surface area contributed by atoms with Crippen LogP contribution in [0.25, 0.3) is 0 Å². The molecule has 0 aliphatic carbocycles. The molecular formula is C17H22N2O. The highest BCUT2D eigenvalue weighted by molar-refractivity contribution is 5.35. The molecule has 1 N–H and O–H groups in total. The summed E-state index contributed by atoms with van der Waals surface area (Å²) in [5, 5.41) is 3.59. The first-order valence-electron chi connectivity index (χ1n) is 7.10. The third-order valence-electron chi connectivity index (χ3n) is 3.34. The normalized spacial score (nSPS) is 12.1. The maximum atomic E-state index is 5.44. The molecule has 0 aliphatic heterocycles. The molecule has 20 heavy (non-hydrogen) atoms. The average Bonchev–Trinajstić information content (AvgIpc) is 2.52. The Balaban J connectivity index is 2.19. The van der Waals surface area contributed by atoms with Crippen molar-refractivity contribution in [2.75, 3.05) is 13.7 Å². The smallest absolute Gasteiger partial charge is 0.122 e. The number of methoxy groups -OCH3 is 1. The monoisotopic (exact) mass is 270 g/mol. The van der Waals surface area contributed by atoms with Crippen LogP contribution in [0.3, 0.4) is 0 Å². The van der Waals surface area contributed by atoms with Gasteiger partial charge in [-0.1, -0.05) is 31.2 Å². The summed E-state index contributed by atoms with van der Waals surface area (Å²) in [6.45, 7) is 3.17. The van der Waals surface area contributed by atoms with Crippen molar-refractivity contribution in [1.29, 1.82) is 0 Å². The molecule has 106 valence electrons. The molecule has 0 bridgehead atoms. The van der Waals surface area contributed by atoms with Crippen LogP contribution in [0.2, 0.25) is 0 Å². The number of ether oxygens (including phenoxy) is 1. The lowest BCUT2D eigenvalue weighted by molar-refractivity contribution is 0.405. The van der Waals surface area contributed by atoms with E-state index in [0.717, 1.165) is 25.1 Å². The lowest BCUT2D eigenvalue weighted by Crippen LogP contribution is -2.24. The Morgan fingerprint density at radius 3 is 2.75 bits per heavy atom. The molecule has 0 spiro atoms. The van der Waals surface area contributed by atoms with Crippen LogP contribution in [-0.4, -0.2) is 18.6 Å². The fourth-order valence-corrected chi connectivity index (χ4v) is 2.30. The molecular weight excluding hydrogens is 248 g/mol.